The molecule has 6 nitrogen and oxygen atoms in total. The first-order chi connectivity index (χ1) is 12.9. The van der Waals surface area contributed by atoms with Gasteiger partial charge < -0.3 is 5.73 Å². The van der Waals surface area contributed by atoms with E-state index in [1.807, 2.05) is 19.1 Å². The first kappa shape index (κ1) is 17.2. The Kier molecular flexibility index (Phi) is 4.15. The Hall–Kier alpha value is -3.20. The molecule has 0 aliphatic heterocycles. The maximum Gasteiger partial charge on any atom is 0.183 e. The van der Waals surface area contributed by atoms with Crippen molar-refractivity contribution in [2.45, 2.75) is 11.8 Å². The predicted molar refractivity (Wildman–Crippen MR) is 98.1 cm³/mol. The van der Waals surface area contributed by atoms with Gasteiger partial charge in [0.25, 0.3) is 0 Å². The molecule has 9 heteroatoms. The fraction of sp³-hybridized carbons (Fsp3) is 0.0556. The molecule has 0 amide bonds. The minimum Gasteiger partial charge on any atom is -0.381 e. The molecule has 4 rings (SSSR count). The first-order valence-corrected chi connectivity index (χ1v) is 8.98. The molecule has 4 aromatic rings. The van der Waals surface area contributed by atoms with E-state index in [0.29, 0.717) is 15.8 Å². The van der Waals surface area contributed by atoms with Gasteiger partial charge in [-0.3, -0.25) is 0 Å². The second-order valence-electron chi connectivity index (χ2n) is 5.88. The van der Waals surface area contributed by atoms with E-state index in [-0.39, 0.29) is 17.3 Å². The molecule has 1 atom stereocenters. The smallest absolute Gasteiger partial charge is 0.183 e. The lowest BCUT2D eigenvalue weighted by Gasteiger charge is -2.04. The molecular weight excluding hydrogens is 372 g/mol. The van der Waals surface area contributed by atoms with Crippen LogP contribution in [0.5, 0.6) is 0 Å². The minimum atomic E-state index is -1.63. The summed E-state index contributed by atoms with van der Waals surface area (Å²) < 4.78 is 41.6. The van der Waals surface area contributed by atoms with Crippen molar-refractivity contribution in [1.82, 2.24) is 18.9 Å². The van der Waals surface area contributed by atoms with Crippen LogP contribution in [-0.4, -0.2) is 23.1 Å². The summed E-state index contributed by atoms with van der Waals surface area (Å²) in [5.41, 5.74) is 7.19. The molecule has 0 aliphatic rings. The summed E-state index contributed by atoms with van der Waals surface area (Å²) in [7, 11) is -1.63. The number of anilines is 1. The van der Waals surface area contributed by atoms with Crippen LogP contribution in [-0.2, 0) is 11.0 Å². The number of benzene rings is 1. The van der Waals surface area contributed by atoms with Gasteiger partial charge in [-0.2, -0.15) is 0 Å². The summed E-state index contributed by atoms with van der Waals surface area (Å²) >= 11 is 0. The fourth-order valence-corrected chi connectivity index (χ4v) is 3.74. The van der Waals surface area contributed by atoms with Gasteiger partial charge in [-0.15, -0.1) is 0 Å². The van der Waals surface area contributed by atoms with Crippen molar-refractivity contribution in [3.05, 3.63) is 66.1 Å². The SMILES string of the molecule is Cc1ccc(S(=O)n2cc(-c3ncc(F)c(N)n3)c3cc(F)cnc32)cc1. The zero-order chi connectivity index (χ0) is 19.1. The van der Waals surface area contributed by atoms with Crippen LogP contribution in [0.2, 0.25) is 0 Å². The van der Waals surface area contributed by atoms with E-state index >= 15 is 0 Å². The number of nitrogens with two attached hydrogens (primary N) is 1. The highest BCUT2D eigenvalue weighted by Crippen LogP contribution is 2.30. The molecule has 136 valence electrons. The average Bonchev–Trinajstić information content (AvgIpc) is 3.02. The number of aryl methyl sites for hydroxylation is 1. The number of fused-ring (bicyclic) bond motifs is 1. The third-order valence-corrected chi connectivity index (χ3v) is 5.30. The van der Waals surface area contributed by atoms with Crippen molar-refractivity contribution in [1.29, 1.82) is 0 Å². The quantitative estimate of drug-likeness (QED) is 0.585. The summed E-state index contributed by atoms with van der Waals surface area (Å²) in [6.45, 7) is 1.93. The molecule has 0 bridgehead atoms. The molecule has 0 aliphatic carbocycles. The minimum absolute atomic E-state index is 0.0888. The van der Waals surface area contributed by atoms with Gasteiger partial charge in [0, 0.05) is 17.1 Å². The average molecular weight is 385 g/mol. The Morgan fingerprint density at radius 2 is 1.85 bits per heavy atom. The molecule has 0 saturated heterocycles. The van der Waals surface area contributed by atoms with E-state index in [1.165, 1.54) is 16.2 Å². The highest BCUT2D eigenvalue weighted by molar-refractivity contribution is 7.83. The van der Waals surface area contributed by atoms with Gasteiger partial charge in [0.2, 0.25) is 0 Å². The Morgan fingerprint density at radius 3 is 2.56 bits per heavy atom. The molecule has 3 aromatic heterocycles. The van der Waals surface area contributed by atoms with Gasteiger partial charge in [-0.1, -0.05) is 17.7 Å². The van der Waals surface area contributed by atoms with Crippen molar-refractivity contribution >= 4 is 27.8 Å². The summed E-state index contributed by atoms with van der Waals surface area (Å²) in [6.07, 6.45) is 3.47. The van der Waals surface area contributed by atoms with E-state index in [0.717, 1.165) is 18.0 Å². The molecular formula is C18H13F2N5OS. The van der Waals surface area contributed by atoms with Gasteiger partial charge in [-0.25, -0.2) is 31.9 Å². The van der Waals surface area contributed by atoms with E-state index in [4.69, 9.17) is 5.73 Å². The van der Waals surface area contributed by atoms with Gasteiger partial charge >= 0.3 is 0 Å². The van der Waals surface area contributed by atoms with Crippen LogP contribution in [0.25, 0.3) is 22.4 Å². The van der Waals surface area contributed by atoms with Gasteiger partial charge in [0.15, 0.2) is 34.1 Å². The van der Waals surface area contributed by atoms with Crippen LogP contribution < -0.4 is 5.73 Å². The Labute approximate surface area is 155 Å². The molecule has 2 N–H and O–H groups in total. The predicted octanol–water partition coefficient (Wildman–Crippen LogP) is 3.23. The van der Waals surface area contributed by atoms with E-state index in [2.05, 4.69) is 15.0 Å². The monoisotopic (exact) mass is 385 g/mol. The Bertz CT molecular complexity index is 1190. The highest BCUT2D eigenvalue weighted by Gasteiger charge is 2.19. The largest absolute Gasteiger partial charge is 0.381 e. The molecule has 0 saturated carbocycles. The molecule has 0 fully saturated rings. The van der Waals surface area contributed by atoms with Crippen molar-refractivity contribution in [2.24, 2.45) is 0 Å². The molecule has 0 radical (unpaired) electrons. The van der Waals surface area contributed by atoms with Crippen molar-refractivity contribution in [3.8, 4) is 11.4 Å². The Balaban J connectivity index is 1.93. The normalized spacial score (nSPS) is 12.4. The third-order valence-electron chi connectivity index (χ3n) is 3.99. The van der Waals surface area contributed by atoms with Crippen LogP contribution in [0, 0.1) is 18.6 Å². The van der Waals surface area contributed by atoms with Crippen LogP contribution in [0.1, 0.15) is 5.56 Å². The van der Waals surface area contributed by atoms with Crippen molar-refractivity contribution in [2.75, 3.05) is 5.73 Å². The van der Waals surface area contributed by atoms with Crippen LogP contribution in [0.4, 0.5) is 14.6 Å². The number of hydrogen-bond donors (Lipinski definition) is 1. The lowest BCUT2D eigenvalue weighted by molar-refractivity contribution is 0.620. The van der Waals surface area contributed by atoms with E-state index < -0.39 is 22.6 Å². The zero-order valence-electron chi connectivity index (χ0n) is 14.1. The lowest BCUT2D eigenvalue weighted by atomic mass is 10.2. The Morgan fingerprint density at radius 1 is 1.11 bits per heavy atom. The number of rotatable bonds is 3. The zero-order valence-corrected chi connectivity index (χ0v) is 14.9. The third kappa shape index (κ3) is 3.06. The molecule has 1 aromatic carbocycles. The number of hydrogen-bond acceptors (Lipinski definition) is 5. The summed E-state index contributed by atoms with van der Waals surface area (Å²) in [5, 5.41) is 0.349. The topological polar surface area (TPSA) is 86.7 Å². The number of nitrogen functional groups attached to an aromatic ring is 1. The van der Waals surface area contributed by atoms with Crippen molar-refractivity contribution in [3.63, 3.8) is 0 Å². The van der Waals surface area contributed by atoms with Crippen molar-refractivity contribution < 1.29 is 13.0 Å². The maximum atomic E-state index is 13.8. The van der Waals surface area contributed by atoms with Crippen LogP contribution in [0.3, 0.4) is 0 Å². The van der Waals surface area contributed by atoms with E-state index in [1.54, 1.807) is 12.1 Å². The number of aromatic nitrogens is 4. The van der Waals surface area contributed by atoms with E-state index in [9.17, 15) is 13.0 Å². The lowest BCUT2D eigenvalue weighted by Crippen LogP contribution is -2.04. The number of halogens is 2. The fourth-order valence-electron chi connectivity index (χ4n) is 2.64. The molecule has 27 heavy (non-hydrogen) atoms. The van der Waals surface area contributed by atoms with Gasteiger partial charge in [0.05, 0.1) is 17.3 Å². The van der Waals surface area contributed by atoms with Gasteiger partial charge in [0.1, 0.15) is 5.82 Å². The van der Waals surface area contributed by atoms with Crippen LogP contribution >= 0.6 is 0 Å². The first-order valence-electron chi connectivity index (χ1n) is 7.88. The second-order valence-corrected chi connectivity index (χ2v) is 7.25. The summed E-state index contributed by atoms with van der Waals surface area (Å²) in [4.78, 5) is 12.4. The highest BCUT2D eigenvalue weighted by atomic mass is 32.2. The standard InChI is InChI=1S/C18H13F2N5OS/c1-10-2-4-12(5-3-10)27(26)25-9-14(13-6-11(19)7-23-18(13)25)17-22-8-15(20)16(21)24-17/h2-9H,1H3,(H2,21,22,24). The number of nitrogens with zero attached hydrogens (tertiary/aromatic N) is 4. The maximum absolute atomic E-state index is 13.8. The second kappa shape index (κ2) is 6.51. The molecule has 0 spiro atoms. The molecule has 1 unspecified atom stereocenters. The molecule has 3 heterocycles. The summed E-state index contributed by atoms with van der Waals surface area (Å²) in [5.74, 6) is -1.57. The summed E-state index contributed by atoms with van der Waals surface area (Å²) in [6, 6.07) is 8.41. The van der Waals surface area contributed by atoms with Gasteiger partial charge in [-0.05, 0) is 25.1 Å². The van der Waals surface area contributed by atoms with Crippen LogP contribution in [0.15, 0.2) is 53.8 Å². The number of pyridine rings is 1.